The van der Waals surface area contributed by atoms with Crippen molar-refractivity contribution in [2.24, 2.45) is 0 Å². The van der Waals surface area contributed by atoms with Gasteiger partial charge < -0.3 is 0 Å². The zero-order valence-electron chi connectivity index (χ0n) is 9.21. The number of benzene rings is 2. The maximum Gasteiger partial charge on any atom is 0.143 e. The van der Waals surface area contributed by atoms with Crippen molar-refractivity contribution >= 4 is 49.9 Å². The maximum atomic E-state index is 11.1. The fraction of sp³-hybridized carbons (Fsp3) is 0. The average molecular weight is 313 g/mol. The Balaban J connectivity index is 2.07. The third-order valence-corrected chi connectivity index (χ3v) is 5.17. The molecule has 5 heteroatoms. The molecule has 2 rings (SSSR count). The van der Waals surface area contributed by atoms with Crippen molar-refractivity contribution in [3.8, 4) is 0 Å². The van der Waals surface area contributed by atoms with Crippen LogP contribution in [0, 0.1) is 0 Å². The predicted octanol–water partition coefficient (Wildman–Crippen LogP) is 4.52. The molecule has 0 spiro atoms. The number of hydrogen-bond acceptors (Lipinski definition) is 3. The third kappa shape index (κ3) is 4.21. The van der Waals surface area contributed by atoms with Crippen molar-refractivity contribution < 1.29 is 4.21 Å². The lowest BCUT2D eigenvalue weighted by Crippen LogP contribution is -1.85. The van der Waals surface area contributed by atoms with Gasteiger partial charge in [-0.25, -0.2) is 4.21 Å². The maximum absolute atomic E-state index is 11.1. The van der Waals surface area contributed by atoms with E-state index < -0.39 is 0 Å². The molecule has 0 saturated carbocycles. The molecule has 0 amide bonds. The summed E-state index contributed by atoms with van der Waals surface area (Å²) in [4.78, 5) is 2.08. The lowest BCUT2D eigenvalue weighted by molar-refractivity contribution is 0.701. The first-order valence-corrected chi connectivity index (χ1v) is 7.86. The van der Waals surface area contributed by atoms with Gasteiger partial charge in [0.15, 0.2) is 0 Å². The van der Waals surface area contributed by atoms with Gasteiger partial charge in [-0.3, -0.25) is 0 Å². The molecular formula is C13H9ClOS3. The summed E-state index contributed by atoms with van der Waals surface area (Å²) in [7, 11) is 0. The van der Waals surface area contributed by atoms with Crippen molar-refractivity contribution in [1.29, 1.82) is 0 Å². The van der Waals surface area contributed by atoms with Crippen LogP contribution in [0.15, 0.2) is 64.4 Å². The Labute approximate surface area is 123 Å². The molecule has 0 fully saturated rings. The fourth-order valence-electron chi connectivity index (χ4n) is 1.24. The first-order chi connectivity index (χ1) is 8.78. The van der Waals surface area contributed by atoms with Gasteiger partial charge in [-0.2, -0.15) is 0 Å². The summed E-state index contributed by atoms with van der Waals surface area (Å²) in [5, 5.41) is 0.700. The van der Waals surface area contributed by atoms with Gasteiger partial charge in [0.25, 0.3) is 0 Å². The van der Waals surface area contributed by atoms with E-state index in [4.69, 9.17) is 11.6 Å². The summed E-state index contributed by atoms with van der Waals surface area (Å²) in [6.07, 6.45) is 0. The highest BCUT2D eigenvalue weighted by atomic mass is 35.5. The molecule has 0 aliphatic rings. The lowest BCUT2D eigenvalue weighted by Gasteiger charge is -2.03. The summed E-state index contributed by atoms with van der Waals surface area (Å²) < 4.78 is 11.9. The second kappa shape index (κ2) is 7.04. The van der Waals surface area contributed by atoms with E-state index in [-0.39, 0.29) is 0 Å². The van der Waals surface area contributed by atoms with Gasteiger partial charge in [0.2, 0.25) is 0 Å². The summed E-state index contributed by atoms with van der Waals surface area (Å²) in [6.45, 7) is 0. The molecule has 0 aromatic heterocycles. The second-order valence-corrected chi connectivity index (χ2v) is 7.26. The van der Waals surface area contributed by atoms with Crippen LogP contribution in [0.3, 0.4) is 0 Å². The zero-order chi connectivity index (χ0) is 12.8. The highest BCUT2D eigenvalue weighted by molar-refractivity contribution is 8.45. The van der Waals surface area contributed by atoms with Crippen LogP contribution in [-0.4, -0.2) is 7.74 Å². The Morgan fingerprint density at radius 3 is 1.94 bits per heavy atom. The molecule has 1 nitrogen and oxygen atoms in total. The molecule has 0 bridgehead atoms. The molecule has 0 aliphatic heterocycles. The van der Waals surface area contributed by atoms with Gasteiger partial charge >= 0.3 is 0 Å². The second-order valence-electron chi connectivity index (χ2n) is 3.30. The van der Waals surface area contributed by atoms with E-state index in [1.54, 1.807) is 0 Å². The quantitative estimate of drug-likeness (QED) is 0.599. The standard InChI is InChI=1S/C13H9ClOS3/c14-10-6-8-12(9-7-10)17-13(18-15)16-11-4-2-1-3-5-11/h1-9H. The van der Waals surface area contributed by atoms with E-state index in [1.165, 1.54) is 23.5 Å². The molecular weight excluding hydrogens is 304 g/mol. The summed E-state index contributed by atoms with van der Waals surface area (Å²) in [5.41, 5.74) is 0. The zero-order valence-corrected chi connectivity index (χ0v) is 12.4. The van der Waals surface area contributed by atoms with E-state index in [9.17, 15) is 4.21 Å². The van der Waals surface area contributed by atoms with Crippen molar-refractivity contribution in [2.75, 3.05) is 0 Å². The fourth-order valence-corrected chi connectivity index (χ4v) is 3.91. The Hall–Kier alpha value is -0.680. The highest BCUT2D eigenvalue weighted by Crippen LogP contribution is 2.30. The molecule has 0 unspecified atom stereocenters. The van der Waals surface area contributed by atoms with Crippen LogP contribution in [0.25, 0.3) is 0 Å². The van der Waals surface area contributed by atoms with Crippen LogP contribution in [0.2, 0.25) is 5.02 Å². The van der Waals surface area contributed by atoms with Crippen LogP contribution in [0.5, 0.6) is 0 Å². The van der Waals surface area contributed by atoms with Gasteiger partial charge in [0, 0.05) is 14.8 Å². The Kier molecular flexibility index (Phi) is 5.38. The Bertz CT molecular complexity index is 563. The number of rotatable bonds is 2. The molecule has 0 atom stereocenters. The van der Waals surface area contributed by atoms with Gasteiger partial charge in [0.05, 0.1) is 0 Å². The SMILES string of the molecule is O=S=C(Sc1ccccc1)Sc1ccc(Cl)cc1. The topological polar surface area (TPSA) is 17.1 Å². The molecule has 18 heavy (non-hydrogen) atoms. The van der Waals surface area contributed by atoms with Crippen LogP contribution in [-0.2, 0) is 11.3 Å². The van der Waals surface area contributed by atoms with Crippen molar-refractivity contribution in [3.05, 3.63) is 59.6 Å². The number of hydrogen-bond donors (Lipinski definition) is 0. The van der Waals surface area contributed by atoms with Gasteiger partial charge in [-0.1, -0.05) is 53.3 Å². The van der Waals surface area contributed by atoms with E-state index in [0.29, 0.717) is 16.3 Å². The van der Waals surface area contributed by atoms with Crippen LogP contribution >= 0.6 is 35.1 Å². The Morgan fingerprint density at radius 2 is 1.39 bits per heavy atom. The first-order valence-electron chi connectivity index (χ1n) is 5.11. The van der Waals surface area contributed by atoms with Crippen LogP contribution in [0.1, 0.15) is 0 Å². The minimum Gasteiger partial charge on any atom is -0.211 e. The summed E-state index contributed by atoms with van der Waals surface area (Å²) in [5.74, 6) is 0. The first kappa shape index (κ1) is 13.7. The largest absolute Gasteiger partial charge is 0.211 e. The molecule has 0 saturated heterocycles. The molecule has 0 aliphatic carbocycles. The monoisotopic (exact) mass is 312 g/mol. The van der Waals surface area contributed by atoms with Crippen molar-refractivity contribution in [2.45, 2.75) is 9.79 Å². The van der Waals surface area contributed by atoms with Gasteiger partial charge in [-0.05, 0) is 36.4 Å². The normalized spacial score (nSPS) is 10.1. The minimum atomic E-state index is 0.523. The number of thioether (sulfide) groups is 2. The number of halogens is 1. The Morgan fingerprint density at radius 1 is 0.833 bits per heavy atom. The summed E-state index contributed by atoms with van der Waals surface area (Å²) in [6, 6.07) is 17.3. The predicted molar refractivity (Wildman–Crippen MR) is 82.8 cm³/mol. The molecule has 0 radical (unpaired) electrons. The van der Waals surface area contributed by atoms with Crippen molar-refractivity contribution in [3.63, 3.8) is 0 Å². The van der Waals surface area contributed by atoms with Gasteiger partial charge in [-0.15, -0.1) is 0 Å². The van der Waals surface area contributed by atoms with E-state index in [0.717, 1.165) is 13.3 Å². The van der Waals surface area contributed by atoms with Crippen molar-refractivity contribution in [1.82, 2.24) is 0 Å². The van der Waals surface area contributed by atoms with Crippen LogP contribution in [0.4, 0.5) is 0 Å². The molecule has 2 aromatic carbocycles. The van der Waals surface area contributed by atoms with Crippen LogP contribution < -0.4 is 0 Å². The highest BCUT2D eigenvalue weighted by Gasteiger charge is 2.04. The minimum absolute atomic E-state index is 0.523. The molecule has 92 valence electrons. The van der Waals surface area contributed by atoms with Gasteiger partial charge in [0.1, 0.15) is 14.8 Å². The van der Waals surface area contributed by atoms with E-state index in [1.807, 2.05) is 54.6 Å². The lowest BCUT2D eigenvalue weighted by atomic mass is 10.4. The smallest absolute Gasteiger partial charge is 0.143 e. The summed E-state index contributed by atoms with van der Waals surface area (Å²) >= 11 is 9.30. The molecule has 0 heterocycles. The van der Waals surface area contributed by atoms with E-state index >= 15 is 0 Å². The average Bonchev–Trinajstić information content (AvgIpc) is 2.41. The molecule has 0 N–H and O–H groups in total. The third-order valence-electron chi connectivity index (χ3n) is 2.03. The molecule has 2 aromatic rings. The van der Waals surface area contributed by atoms with E-state index in [2.05, 4.69) is 0 Å².